The fourth-order valence-electron chi connectivity index (χ4n) is 3.59. The lowest BCUT2D eigenvalue weighted by molar-refractivity contribution is -0.384. The Morgan fingerprint density at radius 3 is 2.97 bits per heavy atom. The summed E-state index contributed by atoms with van der Waals surface area (Å²) >= 11 is 1.31. The number of hydrogen-bond acceptors (Lipinski definition) is 8. The highest BCUT2D eigenvalue weighted by Gasteiger charge is 2.37. The normalized spacial score (nSPS) is 16.1. The molecule has 0 radical (unpaired) electrons. The van der Waals surface area contributed by atoms with Gasteiger partial charge in [0.15, 0.2) is 0 Å². The minimum absolute atomic E-state index is 0.0345. The molecule has 2 atom stereocenters. The summed E-state index contributed by atoms with van der Waals surface area (Å²) in [6.45, 7) is 6.28. The molecule has 0 amide bonds. The molecule has 0 bridgehead atoms. The van der Waals surface area contributed by atoms with Gasteiger partial charge in [0.25, 0.3) is 5.69 Å². The van der Waals surface area contributed by atoms with Crippen LogP contribution in [0.2, 0.25) is 0 Å². The molecular weight excluding hydrogens is 416 g/mol. The maximum absolute atomic E-state index is 12.9. The zero-order valence-electron chi connectivity index (χ0n) is 17.6. The summed E-state index contributed by atoms with van der Waals surface area (Å²) in [5.41, 5.74) is 3.35. The number of benzene rings is 1. The molecule has 1 aliphatic heterocycles. The van der Waals surface area contributed by atoms with E-state index in [0.29, 0.717) is 29.8 Å². The van der Waals surface area contributed by atoms with Crippen LogP contribution in [0.15, 0.2) is 35.5 Å². The van der Waals surface area contributed by atoms with Crippen LogP contribution in [-0.4, -0.2) is 34.5 Å². The molecule has 1 aliphatic rings. The van der Waals surface area contributed by atoms with Crippen molar-refractivity contribution in [1.29, 1.82) is 0 Å². The Balaban J connectivity index is 2.09. The number of carbonyl (C=O) groups excluding carboxylic acids is 1. The minimum atomic E-state index is -0.519. The summed E-state index contributed by atoms with van der Waals surface area (Å²) in [7, 11) is 0. The molecule has 0 saturated heterocycles. The molecule has 1 aromatic heterocycles. The Hall–Kier alpha value is -3.22. The highest BCUT2D eigenvalue weighted by atomic mass is 32.1. The van der Waals surface area contributed by atoms with Crippen molar-refractivity contribution in [2.24, 2.45) is 0 Å². The second-order valence-electron chi connectivity index (χ2n) is 7.13. The number of carbonyl (C=O) groups is 1. The fourth-order valence-corrected chi connectivity index (χ4v) is 4.52. The molecule has 31 heavy (non-hydrogen) atoms. The second kappa shape index (κ2) is 9.73. The first-order valence-corrected chi connectivity index (χ1v) is 10.7. The highest BCUT2D eigenvalue weighted by molar-refractivity contribution is 7.10. The van der Waals surface area contributed by atoms with Gasteiger partial charge in [-0.05, 0) is 37.9 Å². The van der Waals surface area contributed by atoms with Crippen LogP contribution in [-0.2, 0) is 16.0 Å². The highest BCUT2D eigenvalue weighted by Crippen LogP contribution is 2.46. The third-order valence-corrected chi connectivity index (χ3v) is 5.87. The number of anilines is 1. The van der Waals surface area contributed by atoms with E-state index in [-0.39, 0.29) is 18.3 Å². The van der Waals surface area contributed by atoms with Crippen molar-refractivity contribution in [3.63, 3.8) is 0 Å². The van der Waals surface area contributed by atoms with Gasteiger partial charge in [-0.15, -0.1) is 6.42 Å². The van der Waals surface area contributed by atoms with Gasteiger partial charge in [0.2, 0.25) is 0 Å². The van der Waals surface area contributed by atoms with E-state index in [1.165, 1.54) is 23.7 Å². The molecule has 2 unspecified atom stereocenters. The minimum Gasteiger partial charge on any atom is -0.463 e. The van der Waals surface area contributed by atoms with Crippen molar-refractivity contribution >= 4 is 28.2 Å². The summed E-state index contributed by atoms with van der Waals surface area (Å²) in [6.07, 6.45) is 6.02. The standard InChI is InChI=1S/C22H24N4O4S/c1-5-13(3)23-11-10-17-20-19(15-8-7-9-16(12-15)26(28)29)18(22(27)30-6-2)14(4)24-21(20)31-25-17/h1,7-9,12-13,19,23-24H,6,10-11H2,2-4H3. The average Bonchev–Trinajstić information content (AvgIpc) is 3.15. The van der Waals surface area contributed by atoms with E-state index in [1.54, 1.807) is 26.0 Å². The van der Waals surface area contributed by atoms with Crippen LogP contribution >= 0.6 is 11.5 Å². The van der Waals surface area contributed by atoms with Gasteiger partial charge in [-0.2, -0.15) is 4.37 Å². The molecule has 162 valence electrons. The van der Waals surface area contributed by atoms with Crippen LogP contribution in [0.1, 0.15) is 43.5 Å². The summed E-state index contributed by atoms with van der Waals surface area (Å²) in [4.78, 5) is 23.8. The van der Waals surface area contributed by atoms with Crippen molar-refractivity contribution in [1.82, 2.24) is 9.69 Å². The lowest BCUT2D eigenvalue weighted by Gasteiger charge is -2.28. The van der Waals surface area contributed by atoms with Gasteiger partial charge in [-0.1, -0.05) is 18.1 Å². The van der Waals surface area contributed by atoms with E-state index < -0.39 is 16.8 Å². The van der Waals surface area contributed by atoms with Crippen LogP contribution < -0.4 is 10.6 Å². The van der Waals surface area contributed by atoms with Crippen LogP contribution in [0.25, 0.3) is 0 Å². The molecule has 3 rings (SSSR count). The van der Waals surface area contributed by atoms with E-state index in [0.717, 1.165) is 16.3 Å². The van der Waals surface area contributed by atoms with E-state index in [4.69, 9.17) is 11.2 Å². The summed E-state index contributed by atoms with van der Waals surface area (Å²) in [5, 5.41) is 18.7. The number of fused-ring (bicyclic) bond motifs is 1. The Kier molecular flexibility index (Phi) is 7.05. The van der Waals surface area contributed by atoms with E-state index >= 15 is 0 Å². The largest absolute Gasteiger partial charge is 0.463 e. The van der Waals surface area contributed by atoms with Gasteiger partial charge in [0.1, 0.15) is 5.00 Å². The number of nitro groups is 1. The number of esters is 1. The van der Waals surface area contributed by atoms with Crippen LogP contribution in [0.5, 0.6) is 0 Å². The number of aromatic nitrogens is 1. The molecule has 2 heterocycles. The van der Waals surface area contributed by atoms with Crippen LogP contribution in [0.3, 0.4) is 0 Å². The number of allylic oxidation sites excluding steroid dienone is 1. The van der Waals surface area contributed by atoms with Crippen molar-refractivity contribution in [3.05, 3.63) is 62.5 Å². The molecule has 0 saturated carbocycles. The SMILES string of the molecule is C#CC(C)NCCc1nsc2c1C(c1cccc([N+](=O)[O-])c1)C(C(=O)OCC)=C(C)N2. The van der Waals surface area contributed by atoms with E-state index in [1.807, 2.05) is 6.92 Å². The van der Waals surface area contributed by atoms with Crippen LogP contribution in [0.4, 0.5) is 10.7 Å². The molecule has 0 spiro atoms. The molecule has 9 heteroatoms. The number of non-ortho nitro benzene ring substituents is 1. The number of rotatable bonds is 8. The van der Waals surface area contributed by atoms with Crippen molar-refractivity contribution in [2.75, 3.05) is 18.5 Å². The van der Waals surface area contributed by atoms with Crippen molar-refractivity contribution < 1.29 is 14.5 Å². The number of ether oxygens (including phenoxy) is 1. The molecular formula is C22H24N4O4S. The predicted octanol–water partition coefficient (Wildman–Crippen LogP) is 3.60. The number of nitrogens with one attached hydrogen (secondary N) is 2. The molecule has 1 aromatic carbocycles. The molecule has 0 aliphatic carbocycles. The Labute approximate surface area is 185 Å². The fraction of sp³-hybridized carbons (Fsp3) is 0.364. The topological polar surface area (TPSA) is 106 Å². The number of nitrogens with zero attached hydrogens (tertiary/aromatic N) is 2. The third-order valence-electron chi connectivity index (χ3n) is 5.06. The Morgan fingerprint density at radius 1 is 1.52 bits per heavy atom. The zero-order chi connectivity index (χ0) is 22.5. The number of terminal acetylenes is 1. The summed E-state index contributed by atoms with van der Waals surface area (Å²) < 4.78 is 9.92. The Morgan fingerprint density at radius 2 is 2.29 bits per heavy atom. The van der Waals surface area contributed by atoms with Gasteiger partial charge in [-0.25, -0.2) is 4.79 Å². The summed E-state index contributed by atoms with van der Waals surface area (Å²) in [5.74, 6) is 1.65. The lowest BCUT2D eigenvalue weighted by Crippen LogP contribution is -2.28. The monoisotopic (exact) mass is 440 g/mol. The van der Waals surface area contributed by atoms with Gasteiger partial charge >= 0.3 is 5.97 Å². The summed E-state index contributed by atoms with van der Waals surface area (Å²) in [6, 6.07) is 6.29. The molecule has 2 N–H and O–H groups in total. The van der Waals surface area contributed by atoms with Crippen molar-refractivity contribution in [2.45, 2.75) is 39.2 Å². The number of nitro benzene ring substituents is 1. The molecule has 8 nitrogen and oxygen atoms in total. The Bertz CT molecular complexity index is 1070. The van der Waals surface area contributed by atoms with Gasteiger partial charge < -0.3 is 15.4 Å². The smallest absolute Gasteiger partial charge is 0.336 e. The van der Waals surface area contributed by atoms with E-state index in [2.05, 4.69) is 20.9 Å². The molecule has 2 aromatic rings. The van der Waals surface area contributed by atoms with Crippen LogP contribution in [0, 0.1) is 22.5 Å². The quantitative estimate of drug-likeness (QED) is 0.280. The second-order valence-corrected chi connectivity index (χ2v) is 7.91. The first-order valence-electron chi connectivity index (χ1n) is 9.94. The lowest BCUT2D eigenvalue weighted by atomic mass is 9.81. The van der Waals surface area contributed by atoms with Gasteiger partial charge in [0.05, 0.1) is 28.8 Å². The number of hydrogen-bond donors (Lipinski definition) is 2. The maximum Gasteiger partial charge on any atom is 0.336 e. The van der Waals surface area contributed by atoms with E-state index in [9.17, 15) is 14.9 Å². The first kappa shape index (κ1) is 22.5. The predicted molar refractivity (Wildman–Crippen MR) is 120 cm³/mol. The third kappa shape index (κ3) is 4.76. The zero-order valence-corrected chi connectivity index (χ0v) is 18.4. The van der Waals surface area contributed by atoms with Gasteiger partial charge in [-0.3, -0.25) is 10.1 Å². The first-order chi connectivity index (χ1) is 14.9. The molecule has 0 fully saturated rings. The van der Waals surface area contributed by atoms with Gasteiger partial charge in [0, 0.05) is 42.3 Å². The average molecular weight is 441 g/mol. The van der Waals surface area contributed by atoms with Crippen molar-refractivity contribution in [3.8, 4) is 12.3 Å². The maximum atomic E-state index is 12.9.